The fourth-order valence-corrected chi connectivity index (χ4v) is 3.39. The van der Waals surface area contributed by atoms with E-state index in [1.807, 2.05) is 17.0 Å². The maximum atomic E-state index is 12.5. The first kappa shape index (κ1) is 17.5. The molecule has 136 valence electrons. The van der Waals surface area contributed by atoms with Gasteiger partial charge >= 0.3 is 0 Å². The van der Waals surface area contributed by atoms with Crippen LogP contribution in [0.25, 0.3) is 0 Å². The zero-order valence-electron chi connectivity index (χ0n) is 14.7. The summed E-state index contributed by atoms with van der Waals surface area (Å²) < 4.78 is 0. The van der Waals surface area contributed by atoms with E-state index in [4.69, 9.17) is 0 Å². The topological polar surface area (TPSA) is 67.3 Å². The number of anilines is 1. The number of carbonyl (C=O) groups excluding carboxylic acids is 2. The summed E-state index contributed by atoms with van der Waals surface area (Å²) in [6.45, 7) is 7.99. The smallest absolute Gasteiger partial charge is 0.236 e. The molecule has 1 N–H and O–H groups in total. The van der Waals surface area contributed by atoms with E-state index in [0.29, 0.717) is 32.7 Å². The molecular weight excluding hydrogens is 320 g/mol. The molecule has 0 aromatic heterocycles. The van der Waals surface area contributed by atoms with E-state index in [1.54, 1.807) is 24.0 Å². The molecule has 0 unspecified atom stereocenters. The van der Waals surface area contributed by atoms with Crippen LogP contribution >= 0.6 is 0 Å². The van der Waals surface area contributed by atoms with Gasteiger partial charge in [-0.1, -0.05) is 0 Å². The second-order valence-corrected chi connectivity index (χ2v) is 6.67. The largest absolute Gasteiger partial charge is 0.508 e. The van der Waals surface area contributed by atoms with Crippen LogP contribution in [0.3, 0.4) is 0 Å². The van der Waals surface area contributed by atoms with Crippen LogP contribution in [0.5, 0.6) is 5.75 Å². The number of carbonyl (C=O) groups is 2. The van der Waals surface area contributed by atoms with Crippen molar-refractivity contribution in [3.8, 4) is 5.75 Å². The number of aromatic hydroxyl groups is 1. The van der Waals surface area contributed by atoms with Crippen molar-refractivity contribution in [1.29, 1.82) is 0 Å². The molecule has 3 rings (SSSR count). The summed E-state index contributed by atoms with van der Waals surface area (Å²) in [5, 5.41) is 9.38. The first-order valence-corrected chi connectivity index (χ1v) is 8.82. The van der Waals surface area contributed by atoms with Gasteiger partial charge < -0.3 is 19.8 Å². The first-order valence-electron chi connectivity index (χ1n) is 8.82. The normalized spacial score (nSPS) is 19.2. The zero-order chi connectivity index (χ0) is 17.8. The van der Waals surface area contributed by atoms with E-state index >= 15 is 0 Å². The molecule has 0 atom stereocenters. The molecule has 0 bridgehead atoms. The maximum Gasteiger partial charge on any atom is 0.236 e. The molecule has 2 heterocycles. The number of nitrogens with zero attached hydrogens (tertiary/aromatic N) is 4. The Morgan fingerprint density at radius 3 is 2.00 bits per heavy atom. The minimum atomic E-state index is 0.0810. The van der Waals surface area contributed by atoms with Crippen molar-refractivity contribution < 1.29 is 14.7 Å². The molecule has 2 saturated heterocycles. The van der Waals surface area contributed by atoms with Crippen molar-refractivity contribution in [2.24, 2.45) is 0 Å². The standard InChI is InChI=1S/C18H26N4O3/c1-15(23)20-10-12-22(13-11-20)18(25)14-19-6-8-21(9-7-19)16-2-4-17(24)5-3-16/h2-5,24H,6-14H2,1H3. The third-order valence-corrected chi connectivity index (χ3v) is 5.02. The van der Waals surface area contributed by atoms with Crippen LogP contribution in [0.1, 0.15) is 6.92 Å². The molecule has 2 amide bonds. The van der Waals surface area contributed by atoms with Crippen LogP contribution in [-0.2, 0) is 9.59 Å². The Bertz CT molecular complexity index is 603. The van der Waals surface area contributed by atoms with Gasteiger partial charge in [-0.2, -0.15) is 0 Å². The summed E-state index contributed by atoms with van der Waals surface area (Å²) in [4.78, 5) is 31.9. The molecule has 2 aliphatic rings. The Morgan fingerprint density at radius 1 is 0.880 bits per heavy atom. The zero-order valence-corrected chi connectivity index (χ0v) is 14.7. The second-order valence-electron chi connectivity index (χ2n) is 6.67. The number of piperazine rings is 2. The Balaban J connectivity index is 1.43. The van der Waals surface area contributed by atoms with Gasteiger partial charge in [0.25, 0.3) is 0 Å². The van der Waals surface area contributed by atoms with Crippen molar-refractivity contribution in [2.75, 3.05) is 63.8 Å². The summed E-state index contributed by atoms with van der Waals surface area (Å²) in [5.41, 5.74) is 1.10. The van der Waals surface area contributed by atoms with Gasteiger partial charge in [-0.15, -0.1) is 0 Å². The highest BCUT2D eigenvalue weighted by molar-refractivity contribution is 5.79. The fraction of sp³-hybridized carbons (Fsp3) is 0.556. The van der Waals surface area contributed by atoms with Crippen molar-refractivity contribution in [1.82, 2.24) is 14.7 Å². The SMILES string of the molecule is CC(=O)N1CCN(C(=O)CN2CCN(c3ccc(O)cc3)CC2)CC1. The van der Waals surface area contributed by atoms with Crippen LogP contribution in [0.4, 0.5) is 5.69 Å². The Morgan fingerprint density at radius 2 is 1.44 bits per heavy atom. The molecule has 0 aliphatic carbocycles. The molecule has 1 aromatic rings. The summed E-state index contributed by atoms with van der Waals surface area (Å²) >= 11 is 0. The van der Waals surface area contributed by atoms with Crippen molar-refractivity contribution in [3.05, 3.63) is 24.3 Å². The van der Waals surface area contributed by atoms with E-state index < -0.39 is 0 Å². The minimum absolute atomic E-state index is 0.0810. The highest BCUT2D eigenvalue weighted by Gasteiger charge is 2.25. The fourth-order valence-electron chi connectivity index (χ4n) is 3.39. The van der Waals surface area contributed by atoms with E-state index in [9.17, 15) is 14.7 Å². The van der Waals surface area contributed by atoms with Gasteiger partial charge in [-0.05, 0) is 24.3 Å². The third kappa shape index (κ3) is 4.42. The summed E-state index contributed by atoms with van der Waals surface area (Å²) in [5.74, 6) is 0.511. The van der Waals surface area contributed by atoms with E-state index in [2.05, 4.69) is 9.80 Å². The van der Waals surface area contributed by atoms with Gasteiger partial charge in [0.05, 0.1) is 6.54 Å². The Labute approximate surface area is 148 Å². The van der Waals surface area contributed by atoms with Crippen LogP contribution in [-0.4, -0.2) is 90.5 Å². The lowest BCUT2D eigenvalue weighted by molar-refractivity contribution is -0.139. The Kier molecular flexibility index (Phi) is 5.43. The molecule has 0 spiro atoms. The minimum Gasteiger partial charge on any atom is -0.508 e. The monoisotopic (exact) mass is 346 g/mol. The molecular formula is C18H26N4O3. The lowest BCUT2D eigenvalue weighted by atomic mass is 10.2. The van der Waals surface area contributed by atoms with Gasteiger partial charge in [-0.25, -0.2) is 0 Å². The van der Waals surface area contributed by atoms with Crippen molar-refractivity contribution in [3.63, 3.8) is 0 Å². The van der Waals surface area contributed by atoms with E-state index in [-0.39, 0.29) is 17.6 Å². The van der Waals surface area contributed by atoms with Gasteiger partial charge in [0, 0.05) is 65.0 Å². The molecule has 0 saturated carbocycles. The van der Waals surface area contributed by atoms with Crippen molar-refractivity contribution >= 4 is 17.5 Å². The molecule has 7 heteroatoms. The average Bonchev–Trinajstić information content (AvgIpc) is 2.63. The van der Waals surface area contributed by atoms with Crippen molar-refractivity contribution in [2.45, 2.75) is 6.92 Å². The number of benzene rings is 1. The van der Waals surface area contributed by atoms with Crippen LogP contribution in [0, 0.1) is 0 Å². The number of phenolic OH excluding ortho intramolecular Hbond substituents is 1. The third-order valence-electron chi connectivity index (χ3n) is 5.02. The van der Waals surface area contributed by atoms with Gasteiger partial charge in [0.2, 0.25) is 11.8 Å². The molecule has 1 aromatic carbocycles. The molecule has 0 radical (unpaired) electrons. The summed E-state index contributed by atoms with van der Waals surface area (Å²) in [6.07, 6.45) is 0. The first-order chi connectivity index (χ1) is 12.0. The van der Waals surface area contributed by atoms with Crippen LogP contribution < -0.4 is 4.90 Å². The quantitative estimate of drug-likeness (QED) is 0.847. The summed E-state index contributed by atoms with van der Waals surface area (Å²) in [7, 11) is 0. The number of phenols is 1. The highest BCUT2D eigenvalue weighted by Crippen LogP contribution is 2.19. The van der Waals surface area contributed by atoms with Gasteiger partial charge in [-0.3, -0.25) is 14.5 Å². The number of amides is 2. The molecule has 2 aliphatic heterocycles. The molecule has 2 fully saturated rings. The maximum absolute atomic E-state index is 12.5. The number of hydrogen-bond acceptors (Lipinski definition) is 5. The van der Waals surface area contributed by atoms with Crippen LogP contribution in [0.2, 0.25) is 0 Å². The van der Waals surface area contributed by atoms with E-state index in [1.165, 1.54) is 0 Å². The van der Waals surface area contributed by atoms with Crippen LogP contribution in [0.15, 0.2) is 24.3 Å². The predicted octanol–water partition coefficient (Wildman–Crippen LogP) is 0.205. The highest BCUT2D eigenvalue weighted by atomic mass is 16.3. The lowest BCUT2D eigenvalue weighted by Gasteiger charge is -2.38. The predicted molar refractivity (Wildman–Crippen MR) is 95.6 cm³/mol. The molecule has 25 heavy (non-hydrogen) atoms. The number of hydrogen-bond donors (Lipinski definition) is 1. The summed E-state index contributed by atoms with van der Waals surface area (Å²) in [6, 6.07) is 7.24. The van der Waals surface area contributed by atoms with Gasteiger partial charge in [0.15, 0.2) is 0 Å². The van der Waals surface area contributed by atoms with E-state index in [0.717, 1.165) is 31.9 Å². The average molecular weight is 346 g/mol. The van der Waals surface area contributed by atoms with Gasteiger partial charge in [0.1, 0.15) is 5.75 Å². The number of rotatable bonds is 3. The Hall–Kier alpha value is -2.28. The lowest BCUT2D eigenvalue weighted by Crippen LogP contribution is -2.54. The second kappa shape index (κ2) is 7.74. The molecule has 7 nitrogen and oxygen atoms in total.